The van der Waals surface area contributed by atoms with Crippen LogP contribution in [0.2, 0.25) is 0 Å². The maximum Gasteiger partial charge on any atom is 0.271 e. The molecule has 1 amide bonds. The van der Waals surface area contributed by atoms with Gasteiger partial charge in [-0.15, -0.1) is 0 Å². The molecule has 0 fully saturated rings. The number of anilines is 1. The Labute approximate surface area is 152 Å². The minimum atomic E-state index is -0.730. The number of nitrogens with zero attached hydrogens (tertiary/aromatic N) is 1. The summed E-state index contributed by atoms with van der Waals surface area (Å²) in [5, 5.41) is 13.6. The molecule has 2 aromatic carbocycles. The monoisotopic (exact) mass is 358 g/mol. The minimum Gasteiger partial charge on any atom is -0.495 e. The first-order valence-corrected chi connectivity index (χ1v) is 8.37. The second-order valence-corrected chi connectivity index (χ2v) is 5.64. The predicted molar refractivity (Wildman–Crippen MR) is 98.8 cm³/mol. The zero-order valence-corrected chi connectivity index (χ0v) is 15.0. The zero-order chi connectivity index (χ0) is 19.1. The third kappa shape index (κ3) is 4.72. The van der Waals surface area contributed by atoms with Crippen molar-refractivity contribution in [1.29, 1.82) is 0 Å². The van der Waals surface area contributed by atoms with Crippen LogP contribution in [0, 0.1) is 10.1 Å². The van der Waals surface area contributed by atoms with Crippen LogP contribution in [0.15, 0.2) is 42.5 Å². The van der Waals surface area contributed by atoms with E-state index in [9.17, 15) is 14.9 Å². The second kappa shape index (κ2) is 8.84. The molecule has 2 aromatic rings. The molecule has 0 aliphatic heterocycles. The predicted octanol–water partition coefficient (Wildman–Crippen LogP) is 3.96. The van der Waals surface area contributed by atoms with Crippen molar-refractivity contribution in [3.8, 4) is 11.5 Å². The molecule has 0 heterocycles. The van der Waals surface area contributed by atoms with Crippen LogP contribution in [-0.4, -0.2) is 24.0 Å². The van der Waals surface area contributed by atoms with E-state index in [-0.39, 0.29) is 11.4 Å². The fourth-order valence-corrected chi connectivity index (χ4v) is 2.41. The first-order valence-electron chi connectivity index (χ1n) is 8.37. The van der Waals surface area contributed by atoms with Crippen LogP contribution in [0.25, 0.3) is 0 Å². The zero-order valence-electron chi connectivity index (χ0n) is 15.0. The number of carbonyl (C=O) groups is 1. The number of benzene rings is 2. The Bertz CT molecular complexity index is 774. The number of amides is 1. The number of non-ortho nitro benzene ring substituents is 1. The molecule has 26 heavy (non-hydrogen) atoms. The van der Waals surface area contributed by atoms with Gasteiger partial charge in [-0.1, -0.05) is 26.0 Å². The molecule has 0 unspecified atom stereocenters. The molecule has 1 atom stereocenters. The smallest absolute Gasteiger partial charge is 0.271 e. The van der Waals surface area contributed by atoms with Gasteiger partial charge in [0.05, 0.1) is 17.7 Å². The lowest BCUT2D eigenvalue weighted by Crippen LogP contribution is -2.32. The Morgan fingerprint density at radius 2 is 1.88 bits per heavy atom. The summed E-state index contributed by atoms with van der Waals surface area (Å²) in [7, 11) is 1.43. The van der Waals surface area contributed by atoms with Gasteiger partial charge in [0.25, 0.3) is 11.6 Å². The van der Waals surface area contributed by atoms with Gasteiger partial charge in [-0.3, -0.25) is 14.9 Å². The van der Waals surface area contributed by atoms with Crippen molar-refractivity contribution in [3.05, 3.63) is 58.1 Å². The number of ether oxygens (including phenoxy) is 2. The summed E-state index contributed by atoms with van der Waals surface area (Å²) in [6.07, 6.45) is 0.634. The first-order chi connectivity index (χ1) is 12.5. The highest BCUT2D eigenvalue weighted by Crippen LogP contribution is 2.29. The number of rotatable bonds is 8. The van der Waals surface area contributed by atoms with E-state index < -0.39 is 16.9 Å². The van der Waals surface area contributed by atoms with Gasteiger partial charge in [0, 0.05) is 12.1 Å². The Morgan fingerprint density at radius 1 is 1.19 bits per heavy atom. The number of nitrogens with one attached hydrogen (secondary N) is 1. The van der Waals surface area contributed by atoms with E-state index in [2.05, 4.69) is 12.2 Å². The third-order valence-corrected chi connectivity index (χ3v) is 3.92. The van der Waals surface area contributed by atoms with E-state index in [1.807, 2.05) is 31.2 Å². The van der Waals surface area contributed by atoms with Crippen LogP contribution >= 0.6 is 0 Å². The highest BCUT2D eigenvalue weighted by atomic mass is 16.6. The Morgan fingerprint density at radius 3 is 2.42 bits per heavy atom. The molecule has 0 radical (unpaired) electrons. The summed E-state index contributed by atoms with van der Waals surface area (Å²) < 4.78 is 10.9. The lowest BCUT2D eigenvalue weighted by atomic mass is 10.1. The van der Waals surface area contributed by atoms with Crippen LogP contribution in [0.1, 0.15) is 25.8 Å². The molecule has 138 valence electrons. The van der Waals surface area contributed by atoms with Crippen molar-refractivity contribution >= 4 is 17.3 Å². The van der Waals surface area contributed by atoms with Gasteiger partial charge >= 0.3 is 0 Å². The average molecular weight is 358 g/mol. The largest absolute Gasteiger partial charge is 0.495 e. The number of carbonyl (C=O) groups excluding carboxylic acids is 1. The van der Waals surface area contributed by atoms with Gasteiger partial charge in [-0.05, 0) is 36.6 Å². The number of aryl methyl sites for hydroxylation is 1. The van der Waals surface area contributed by atoms with Crippen LogP contribution in [-0.2, 0) is 11.2 Å². The van der Waals surface area contributed by atoms with Crippen molar-refractivity contribution in [3.63, 3.8) is 0 Å². The SMILES string of the molecule is CCc1ccc(O[C@@H](CC)C(=O)Nc2cc([N+](=O)[O-])ccc2OC)cc1. The number of hydrogen-bond donors (Lipinski definition) is 1. The molecule has 0 saturated heterocycles. The Kier molecular flexibility index (Phi) is 6.54. The molecule has 0 saturated carbocycles. The second-order valence-electron chi connectivity index (χ2n) is 5.64. The summed E-state index contributed by atoms with van der Waals surface area (Å²) >= 11 is 0. The van der Waals surface area contributed by atoms with E-state index in [0.717, 1.165) is 6.42 Å². The molecule has 1 N–H and O–H groups in total. The highest BCUT2D eigenvalue weighted by molar-refractivity contribution is 5.96. The van der Waals surface area contributed by atoms with Gasteiger partial charge in [0.1, 0.15) is 11.5 Å². The van der Waals surface area contributed by atoms with Crippen molar-refractivity contribution in [2.75, 3.05) is 12.4 Å². The Hall–Kier alpha value is -3.09. The van der Waals surface area contributed by atoms with E-state index in [0.29, 0.717) is 17.9 Å². The maximum absolute atomic E-state index is 12.6. The molecular formula is C19H22N2O5. The molecule has 0 spiro atoms. The number of nitro benzene ring substituents is 1. The minimum absolute atomic E-state index is 0.134. The maximum atomic E-state index is 12.6. The Balaban J connectivity index is 2.15. The summed E-state index contributed by atoms with van der Waals surface area (Å²) in [6.45, 7) is 3.89. The van der Waals surface area contributed by atoms with Crippen molar-refractivity contribution in [2.24, 2.45) is 0 Å². The van der Waals surface area contributed by atoms with E-state index >= 15 is 0 Å². The van der Waals surface area contributed by atoms with Gasteiger partial charge in [-0.25, -0.2) is 0 Å². The van der Waals surface area contributed by atoms with E-state index in [4.69, 9.17) is 9.47 Å². The summed E-state index contributed by atoms with van der Waals surface area (Å²) in [6, 6.07) is 11.6. The first kappa shape index (κ1) is 19.2. The summed E-state index contributed by atoms with van der Waals surface area (Å²) in [4.78, 5) is 23.0. The van der Waals surface area contributed by atoms with Crippen molar-refractivity contribution in [2.45, 2.75) is 32.8 Å². The normalized spacial score (nSPS) is 11.5. The number of nitro groups is 1. The van der Waals surface area contributed by atoms with Crippen LogP contribution in [0.4, 0.5) is 11.4 Å². The quantitative estimate of drug-likeness (QED) is 0.570. The fraction of sp³-hybridized carbons (Fsp3) is 0.316. The number of methoxy groups -OCH3 is 1. The van der Waals surface area contributed by atoms with Crippen LogP contribution < -0.4 is 14.8 Å². The van der Waals surface area contributed by atoms with Gasteiger partial charge < -0.3 is 14.8 Å². The molecule has 0 aliphatic rings. The standard InChI is InChI=1S/C19H22N2O5/c1-4-13-6-9-15(10-7-13)26-17(5-2)19(22)20-16-12-14(21(23)24)8-11-18(16)25-3/h6-12,17H,4-5H2,1-3H3,(H,20,22)/t17-/m0/s1. The van der Waals surface area contributed by atoms with Crippen LogP contribution in [0.5, 0.6) is 11.5 Å². The topological polar surface area (TPSA) is 90.7 Å². The lowest BCUT2D eigenvalue weighted by molar-refractivity contribution is -0.384. The van der Waals surface area contributed by atoms with Gasteiger partial charge in [-0.2, -0.15) is 0 Å². The average Bonchev–Trinajstić information content (AvgIpc) is 2.66. The fourth-order valence-electron chi connectivity index (χ4n) is 2.41. The summed E-state index contributed by atoms with van der Waals surface area (Å²) in [5.41, 5.74) is 1.27. The molecule has 7 heteroatoms. The van der Waals surface area contributed by atoms with Gasteiger partial charge in [0.15, 0.2) is 6.10 Å². The summed E-state index contributed by atoms with van der Waals surface area (Å²) in [5.74, 6) is 0.534. The lowest BCUT2D eigenvalue weighted by Gasteiger charge is -2.18. The highest BCUT2D eigenvalue weighted by Gasteiger charge is 2.21. The van der Waals surface area contributed by atoms with Crippen molar-refractivity contribution in [1.82, 2.24) is 0 Å². The van der Waals surface area contributed by atoms with E-state index in [1.54, 1.807) is 0 Å². The third-order valence-electron chi connectivity index (χ3n) is 3.92. The van der Waals surface area contributed by atoms with Gasteiger partial charge in [0.2, 0.25) is 0 Å². The van der Waals surface area contributed by atoms with E-state index in [1.165, 1.54) is 30.9 Å². The van der Waals surface area contributed by atoms with Crippen LogP contribution in [0.3, 0.4) is 0 Å². The molecular weight excluding hydrogens is 336 g/mol. The molecule has 2 rings (SSSR count). The molecule has 0 aliphatic carbocycles. The molecule has 7 nitrogen and oxygen atoms in total. The number of hydrogen-bond acceptors (Lipinski definition) is 5. The van der Waals surface area contributed by atoms with Crippen molar-refractivity contribution < 1.29 is 19.2 Å². The molecule has 0 bridgehead atoms. The molecule has 0 aromatic heterocycles.